The Morgan fingerprint density at radius 2 is 2.39 bits per heavy atom. The van der Waals surface area contributed by atoms with Crippen molar-refractivity contribution in [2.45, 2.75) is 19.5 Å². The number of nitrogens with one attached hydrogen (secondary N) is 1. The third kappa shape index (κ3) is 3.20. The first-order valence-electron chi connectivity index (χ1n) is 5.32. The summed E-state index contributed by atoms with van der Waals surface area (Å²) < 4.78 is 0.965. The molecule has 0 amide bonds. The molecular weight excluding hydrogens is 334 g/mol. The van der Waals surface area contributed by atoms with E-state index in [1.54, 1.807) is 11.3 Å². The molecule has 1 atom stereocenters. The Bertz CT molecular complexity index is 517. The Balaban J connectivity index is 2.11. The second-order valence-electron chi connectivity index (χ2n) is 3.78. The third-order valence-corrected chi connectivity index (χ3v) is 5.55. The predicted octanol–water partition coefficient (Wildman–Crippen LogP) is 3.80. The van der Waals surface area contributed by atoms with Crippen molar-refractivity contribution >= 4 is 44.6 Å². The van der Waals surface area contributed by atoms with Crippen LogP contribution in [0.15, 0.2) is 28.1 Å². The van der Waals surface area contributed by atoms with Crippen LogP contribution in [0.3, 0.4) is 0 Å². The lowest BCUT2D eigenvalue weighted by Gasteiger charge is -2.11. The fraction of sp³-hybridized carbons (Fsp3) is 0.250. The molecule has 0 saturated heterocycles. The van der Waals surface area contributed by atoms with Crippen LogP contribution in [0.25, 0.3) is 0 Å². The first-order chi connectivity index (χ1) is 8.58. The van der Waals surface area contributed by atoms with E-state index < -0.39 is 12.0 Å². The number of carboxylic acids is 1. The normalized spacial score (nSPS) is 12.6. The van der Waals surface area contributed by atoms with Gasteiger partial charge in [0, 0.05) is 25.6 Å². The third-order valence-electron chi connectivity index (χ3n) is 2.47. The lowest BCUT2D eigenvalue weighted by atomic mass is 10.2. The first kappa shape index (κ1) is 13.7. The molecule has 0 aliphatic rings. The number of carbonyl (C=O) groups is 1. The van der Waals surface area contributed by atoms with Crippen LogP contribution in [0.4, 0.5) is 0 Å². The minimum Gasteiger partial charge on any atom is -0.480 e. The summed E-state index contributed by atoms with van der Waals surface area (Å²) in [6.07, 6.45) is 0. The van der Waals surface area contributed by atoms with Crippen molar-refractivity contribution in [2.75, 3.05) is 0 Å². The number of halogens is 1. The largest absolute Gasteiger partial charge is 0.480 e. The van der Waals surface area contributed by atoms with E-state index >= 15 is 0 Å². The number of aliphatic carboxylic acids is 1. The monoisotopic (exact) mass is 345 g/mol. The molecule has 6 heteroatoms. The van der Waals surface area contributed by atoms with E-state index in [9.17, 15) is 9.90 Å². The molecule has 2 heterocycles. The number of hydrogen-bond donors (Lipinski definition) is 2. The van der Waals surface area contributed by atoms with Crippen LogP contribution in [-0.2, 0) is 11.3 Å². The summed E-state index contributed by atoms with van der Waals surface area (Å²) in [5.41, 5.74) is 0. The molecule has 2 aromatic rings. The highest BCUT2D eigenvalue weighted by molar-refractivity contribution is 9.10. The molecule has 0 aliphatic carbocycles. The summed E-state index contributed by atoms with van der Waals surface area (Å²) in [7, 11) is 0. The molecule has 0 fully saturated rings. The van der Waals surface area contributed by atoms with Gasteiger partial charge in [-0.15, -0.1) is 22.7 Å². The minimum atomic E-state index is -0.847. The Labute approximate surface area is 122 Å². The van der Waals surface area contributed by atoms with Gasteiger partial charge in [0.2, 0.25) is 0 Å². The molecular formula is C12H12BrNO2S2. The predicted molar refractivity (Wildman–Crippen MR) is 78.3 cm³/mol. The van der Waals surface area contributed by atoms with Crippen LogP contribution >= 0.6 is 38.6 Å². The van der Waals surface area contributed by atoms with Gasteiger partial charge in [-0.1, -0.05) is 6.07 Å². The molecule has 2 rings (SSSR count). The summed E-state index contributed by atoms with van der Waals surface area (Å²) in [5.74, 6) is -0.847. The maximum Gasteiger partial charge on any atom is 0.326 e. The molecule has 96 valence electrons. The molecule has 18 heavy (non-hydrogen) atoms. The molecule has 0 saturated carbocycles. The quantitative estimate of drug-likeness (QED) is 0.866. The van der Waals surface area contributed by atoms with E-state index in [4.69, 9.17) is 0 Å². The number of rotatable bonds is 5. The zero-order chi connectivity index (χ0) is 13.1. The van der Waals surface area contributed by atoms with Crippen molar-refractivity contribution in [3.8, 4) is 0 Å². The highest BCUT2D eigenvalue weighted by Gasteiger charge is 2.22. The van der Waals surface area contributed by atoms with E-state index in [-0.39, 0.29) is 0 Å². The molecule has 0 aliphatic heterocycles. The smallest absolute Gasteiger partial charge is 0.326 e. The Morgan fingerprint density at radius 3 is 2.89 bits per heavy atom. The lowest BCUT2D eigenvalue weighted by molar-refractivity contribution is -0.139. The molecule has 3 nitrogen and oxygen atoms in total. The zero-order valence-corrected chi connectivity index (χ0v) is 12.9. The average molecular weight is 346 g/mol. The van der Waals surface area contributed by atoms with Crippen LogP contribution in [0.1, 0.15) is 20.7 Å². The van der Waals surface area contributed by atoms with Crippen molar-refractivity contribution in [1.82, 2.24) is 5.32 Å². The highest BCUT2D eigenvalue weighted by atomic mass is 79.9. The number of aryl methyl sites for hydroxylation is 1. The molecule has 2 aromatic heterocycles. The van der Waals surface area contributed by atoms with Crippen LogP contribution in [0.2, 0.25) is 0 Å². The van der Waals surface area contributed by atoms with Gasteiger partial charge in [-0.3, -0.25) is 10.1 Å². The van der Waals surface area contributed by atoms with Crippen LogP contribution in [0, 0.1) is 6.92 Å². The summed E-state index contributed by atoms with van der Waals surface area (Å²) >= 11 is 6.54. The van der Waals surface area contributed by atoms with Crippen molar-refractivity contribution in [3.05, 3.63) is 42.7 Å². The molecule has 2 N–H and O–H groups in total. The average Bonchev–Trinajstić information content (AvgIpc) is 2.90. The molecule has 0 spiro atoms. The highest BCUT2D eigenvalue weighted by Crippen LogP contribution is 2.31. The van der Waals surface area contributed by atoms with Gasteiger partial charge < -0.3 is 5.11 Å². The van der Waals surface area contributed by atoms with E-state index in [2.05, 4.69) is 21.2 Å². The van der Waals surface area contributed by atoms with Gasteiger partial charge in [-0.2, -0.15) is 0 Å². The van der Waals surface area contributed by atoms with Gasteiger partial charge in [-0.05, 0) is 40.4 Å². The van der Waals surface area contributed by atoms with E-state index in [0.717, 1.165) is 19.1 Å². The second kappa shape index (κ2) is 5.97. The maximum absolute atomic E-state index is 11.3. The fourth-order valence-electron chi connectivity index (χ4n) is 1.55. The van der Waals surface area contributed by atoms with Gasteiger partial charge in [0.25, 0.3) is 0 Å². The fourth-order valence-corrected chi connectivity index (χ4v) is 3.83. The van der Waals surface area contributed by atoms with Gasteiger partial charge in [0.05, 0.1) is 0 Å². The first-order valence-corrected chi connectivity index (χ1v) is 7.81. The Kier molecular flexibility index (Phi) is 4.55. The van der Waals surface area contributed by atoms with Crippen LogP contribution in [-0.4, -0.2) is 11.1 Å². The summed E-state index contributed by atoms with van der Waals surface area (Å²) in [5, 5.41) is 14.4. The summed E-state index contributed by atoms with van der Waals surface area (Å²) in [6, 6.07) is 5.18. The van der Waals surface area contributed by atoms with E-state index in [0.29, 0.717) is 6.54 Å². The van der Waals surface area contributed by atoms with Crippen molar-refractivity contribution < 1.29 is 9.90 Å². The Morgan fingerprint density at radius 1 is 1.61 bits per heavy atom. The minimum absolute atomic E-state index is 0.573. The lowest BCUT2D eigenvalue weighted by Crippen LogP contribution is -2.27. The van der Waals surface area contributed by atoms with Crippen molar-refractivity contribution in [3.63, 3.8) is 0 Å². The second-order valence-corrected chi connectivity index (χ2v) is 6.96. The number of carboxylic acid groups (broad SMARTS) is 1. The standard InChI is InChI=1S/C12H12BrNO2S2/c1-7-9(13)5-10(18-7)11(12(15)16)14-6-8-3-2-4-17-8/h2-5,11,14H,6H2,1H3,(H,15,16). The SMILES string of the molecule is Cc1sc(C(NCc2cccs2)C(=O)O)cc1Br. The zero-order valence-electron chi connectivity index (χ0n) is 9.64. The van der Waals surface area contributed by atoms with Gasteiger partial charge in [0.1, 0.15) is 6.04 Å². The van der Waals surface area contributed by atoms with E-state index in [1.807, 2.05) is 30.5 Å². The summed E-state index contributed by atoms with van der Waals surface area (Å²) in [4.78, 5) is 14.4. The van der Waals surface area contributed by atoms with Gasteiger partial charge >= 0.3 is 5.97 Å². The van der Waals surface area contributed by atoms with Crippen LogP contribution < -0.4 is 5.32 Å². The molecule has 0 aromatic carbocycles. The maximum atomic E-state index is 11.3. The topological polar surface area (TPSA) is 49.3 Å². The van der Waals surface area contributed by atoms with Crippen molar-refractivity contribution in [1.29, 1.82) is 0 Å². The molecule has 0 bridgehead atoms. The van der Waals surface area contributed by atoms with Gasteiger partial charge in [0.15, 0.2) is 0 Å². The van der Waals surface area contributed by atoms with Crippen LogP contribution in [0.5, 0.6) is 0 Å². The number of thiophene rings is 2. The Hall–Kier alpha value is -0.690. The molecule has 1 unspecified atom stereocenters. The van der Waals surface area contributed by atoms with Crippen molar-refractivity contribution in [2.24, 2.45) is 0 Å². The van der Waals surface area contributed by atoms with Gasteiger partial charge in [-0.25, -0.2) is 0 Å². The summed E-state index contributed by atoms with van der Waals surface area (Å²) in [6.45, 7) is 2.54. The number of hydrogen-bond acceptors (Lipinski definition) is 4. The molecule has 0 radical (unpaired) electrons. The van der Waals surface area contributed by atoms with E-state index in [1.165, 1.54) is 11.3 Å².